The molecule has 1 fully saturated rings. The number of carbonyl (C=O) groups is 1. The molecule has 3 nitrogen and oxygen atoms in total. The molecule has 0 spiro atoms. The van der Waals surface area contributed by atoms with Gasteiger partial charge < -0.3 is 10.4 Å². The van der Waals surface area contributed by atoms with Crippen LogP contribution < -0.4 is 5.32 Å². The highest BCUT2D eigenvalue weighted by molar-refractivity contribution is 5.80. The van der Waals surface area contributed by atoms with Crippen molar-refractivity contribution in [3.63, 3.8) is 0 Å². The first-order valence-corrected chi connectivity index (χ1v) is 7.26. The third-order valence-corrected chi connectivity index (χ3v) is 4.58. The van der Waals surface area contributed by atoms with Crippen LogP contribution >= 0.6 is 0 Å². The molecule has 3 heteroatoms. The maximum atomic E-state index is 12.2. The van der Waals surface area contributed by atoms with Crippen molar-refractivity contribution in [2.24, 2.45) is 11.8 Å². The summed E-state index contributed by atoms with van der Waals surface area (Å²) in [7, 11) is 0. The summed E-state index contributed by atoms with van der Waals surface area (Å²) >= 11 is 0. The van der Waals surface area contributed by atoms with Crippen LogP contribution in [0.15, 0.2) is 24.3 Å². The highest BCUT2D eigenvalue weighted by Gasteiger charge is 2.29. The Morgan fingerprint density at radius 3 is 2.47 bits per heavy atom. The number of fused-ring (bicyclic) bond motifs is 1. The normalized spacial score (nSPS) is 26.4. The lowest BCUT2D eigenvalue weighted by molar-refractivity contribution is -0.125. The van der Waals surface area contributed by atoms with E-state index in [0.29, 0.717) is 6.54 Å². The van der Waals surface area contributed by atoms with Gasteiger partial charge in [0, 0.05) is 18.4 Å². The van der Waals surface area contributed by atoms with Crippen LogP contribution in [-0.2, 0) is 17.6 Å². The maximum Gasteiger partial charge on any atom is 0.223 e. The van der Waals surface area contributed by atoms with Crippen LogP contribution in [0.5, 0.6) is 0 Å². The van der Waals surface area contributed by atoms with Crippen molar-refractivity contribution < 1.29 is 9.90 Å². The molecule has 3 rings (SSSR count). The Morgan fingerprint density at radius 2 is 1.89 bits per heavy atom. The van der Waals surface area contributed by atoms with Crippen molar-refractivity contribution in [2.45, 2.75) is 38.2 Å². The van der Waals surface area contributed by atoms with Gasteiger partial charge in [0.25, 0.3) is 0 Å². The lowest BCUT2D eigenvalue weighted by atomic mass is 10.0. The molecule has 2 unspecified atom stereocenters. The lowest BCUT2D eigenvalue weighted by Crippen LogP contribution is -2.36. The Labute approximate surface area is 114 Å². The van der Waals surface area contributed by atoms with E-state index in [0.717, 1.165) is 32.1 Å². The first-order chi connectivity index (χ1) is 9.24. The lowest BCUT2D eigenvalue weighted by Gasteiger charge is -2.17. The zero-order valence-corrected chi connectivity index (χ0v) is 11.1. The van der Waals surface area contributed by atoms with Crippen LogP contribution in [0.2, 0.25) is 0 Å². The molecule has 0 bridgehead atoms. The van der Waals surface area contributed by atoms with Crippen LogP contribution in [0, 0.1) is 11.8 Å². The van der Waals surface area contributed by atoms with Gasteiger partial charge in [0.15, 0.2) is 0 Å². The Balaban J connectivity index is 1.52. The monoisotopic (exact) mass is 259 g/mol. The molecule has 19 heavy (non-hydrogen) atoms. The second kappa shape index (κ2) is 5.33. The smallest absolute Gasteiger partial charge is 0.223 e. The van der Waals surface area contributed by atoms with E-state index in [1.807, 2.05) is 12.1 Å². The molecule has 2 aliphatic rings. The number of rotatable bonds is 3. The Kier molecular flexibility index (Phi) is 3.56. The molecule has 0 heterocycles. The van der Waals surface area contributed by atoms with Gasteiger partial charge in [-0.05, 0) is 36.8 Å². The molecule has 1 aromatic rings. The van der Waals surface area contributed by atoms with Crippen molar-refractivity contribution >= 4 is 5.91 Å². The van der Waals surface area contributed by atoms with Gasteiger partial charge in [-0.3, -0.25) is 4.79 Å². The zero-order chi connectivity index (χ0) is 13.2. The standard InChI is InChI=1S/C16H21NO2/c18-15-7-3-6-13(15)10-17-16(19)14-8-11-4-1-2-5-12(11)9-14/h1-2,4-5,13-15,18H,3,6-10H2,(H,17,19). The number of nitrogens with one attached hydrogen (secondary N) is 1. The van der Waals surface area contributed by atoms with Crippen LogP contribution in [0.3, 0.4) is 0 Å². The number of hydrogen-bond donors (Lipinski definition) is 2. The molecule has 0 aromatic heterocycles. The van der Waals surface area contributed by atoms with Gasteiger partial charge in [-0.2, -0.15) is 0 Å². The van der Waals surface area contributed by atoms with Crippen LogP contribution in [-0.4, -0.2) is 23.7 Å². The quantitative estimate of drug-likeness (QED) is 0.867. The Hall–Kier alpha value is -1.35. The fourth-order valence-electron chi connectivity index (χ4n) is 3.38. The number of hydrogen-bond acceptors (Lipinski definition) is 2. The minimum atomic E-state index is -0.221. The second-order valence-electron chi connectivity index (χ2n) is 5.88. The van der Waals surface area contributed by atoms with Crippen LogP contribution in [0.1, 0.15) is 30.4 Å². The van der Waals surface area contributed by atoms with Crippen molar-refractivity contribution in [1.29, 1.82) is 0 Å². The molecule has 1 saturated carbocycles. The predicted octanol–water partition coefficient (Wildman–Crippen LogP) is 1.68. The summed E-state index contributed by atoms with van der Waals surface area (Å²) in [5, 5.41) is 12.8. The number of benzene rings is 1. The first-order valence-electron chi connectivity index (χ1n) is 7.26. The first kappa shape index (κ1) is 12.7. The summed E-state index contributed by atoms with van der Waals surface area (Å²) < 4.78 is 0. The molecule has 0 saturated heterocycles. The third kappa shape index (κ3) is 2.66. The largest absolute Gasteiger partial charge is 0.393 e. The third-order valence-electron chi connectivity index (χ3n) is 4.58. The molecule has 1 aromatic carbocycles. The van der Waals surface area contributed by atoms with Gasteiger partial charge in [-0.15, -0.1) is 0 Å². The molecule has 2 atom stereocenters. The summed E-state index contributed by atoms with van der Waals surface area (Å²) in [6.07, 6.45) is 4.49. The van der Waals surface area contributed by atoms with Gasteiger partial charge in [0.05, 0.1) is 6.10 Å². The average molecular weight is 259 g/mol. The van der Waals surface area contributed by atoms with Crippen molar-refractivity contribution in [3.8, 4) is 0 Å². The number of amides is 1. The predicted molar refractivity (Wildman–Crippen MR) is 73.7 cm³/mol. The number of aliphatic hydroxyl groups excluding tert-OH is 1. The minimum Gasteiger partial charge on any atom is -0.393 e. The van der Waals surface area contributed by atoms with E-state index in [2.05, 4.69) is 17.4 Å². The van der Waals surface area contributed by atoms with E-state index in [9.17, 15) is 9.90 Å². The summed E-state index contributed by atoms with van der Waals surface area (Å²) in [6, 6.07) is 8.30. The Morgan fingerprint density at radius 1 is 1.21 bits per heavy atom. The maximum absolute atomic E-state index is 12.2. The molecular formula is C16H21NO2. The van der Waals surface area contributed by atoms with Gasteiger partial charge in [0.2, 0.25) is 5.91 Å². The molecular weight excluding hydrogens is 238 g/mol. The van der Waals surface area contributed by atoms with E-state index >= 15 is 0 Å². The fourth-order valence-corrected chi connectivity index (χ4v) is 3.38. The van der Waals surface area contributed by atoms with E-state index in [4.69, 9.17) is 0 Å². The van der Waals surface area contributed by atoms with Crippen molar-refractivity contribution in [2.75, 3.05) is 6.54 Å². The van der Waals surface area contributed by atoms with E-state index in [1.54, 1.807) is 0 Å². The summed E-state index contributed by atoms with van der Waals surface area (Å²) in [6.45, 7) is 0.632. The second-order valence-corrected chi connectivity index (χ2v) is 5.88. The summed E-state index contributed by atoms with van der Waals surface area (Å²) in [5.41, 5.74) is 2.62. The topological polar surface area (TPSA) is 49.3 Å². The molecule has 2 N–H and O–H groups in total. The highest BCUT2D eigenvalue weighted by atomic mass is 16.3. The Bertz CT molecular complexity index is 447. The number of carbonyl (C=O) groups excluding carboxylic acids is 1. The van der Waals surface area contributed by atoms with Gasteiger partial charge in [-0.25, -0.2) is 0 Å². The SMILES string of the molecule is O=C(NCC1CCCC1O)C1Cc2ccccc2C1. The summed E-state index contributed by atoms with van der Waals surface area (Å²) in [5.74, 6) is 0.485. The van der Waals surface area contributed by atoms with E-state index < -0.39 is 0 Å². The molecule has 102 valence electrons. The molecule has 1 amide bonds. The fraction of sp³-hybridized carbons (Fsp3) is 0.562. The number of aliphatic hydroxyl groups is 1. The van der Waals surface area contributed by atoms with Crippen LogP contribution in [0.4, 0.5) is 0 Å². The summed E-state index contributed by atoms with van der Waals surface area (Å²) in [4.78, 5) is 12.2. The van der Waals surface area contributed by atoms with E-state index in [1.165, 1.54) is 11.1 Å². The molecule has 0 radical (unpaired) electrons. The van der Waals surface area contributed by atoms with E-state index in [-0.39, 0.29) is 23.8 Å². The van der Waals surface area contributed by atoms with Gasteiger partial charge >= 0.3 is 0 Å². The molecule has 0 aliphatic heterocycles. The van der Waals surface area contributed by atoms with Gasteiger partial charge in [0.1, 0.15) is 0 Å². The average Bonchev–Trinajstić information content (AvgIpc) is 3.01. The van der Waals surface area contributed by atoms with Crippen LogP contribution in [0.25, 0.3) is 0 Å². The van der Waals surface area contributed by atoms with Crippen molar-refractivity contribution in [3.05, 3.63) is 35.4 Å². The highest BCUT2D eigenvalue weighted by Crippen LogP contribution is 2.27. The minimum absolute atomic E-state index is 0.0796. The zero-order valence-electron chi connectivity index (χ0n) is 11.1. The van der Waals surface area contributed by atoms with Crippen molar-refractivity contribution in [1.82, 2.24) is 5.32 Å². The molecule has 2 aliphatic carbocycles. The van der Waals surface area contributed by atoms with Gasteiger partial charge in [-0.1, -0.05) is 30.7 Å².